The van der Waals surface area contributed by atoms with Gasteiger partial charge in [0.2, 0.25) is 5.91 Å². The third-order valence-corrected chi connectivity index (χ3v) is 3.90. The fraction of sp³-hybridized carbons (Fsp3) is 0.846. The van der Waals surface area contributed by atoms with Gasteiger partial charge in [0.1, 0.15) is 0 Å². The number of amides is 1. The third-order valence-electron chi connectivity index (χ3n) is 3.90. The molecule has 18 heavy (non-hydrogen) atoms. The predicted octanol–water partition coefficient (Wildman–Crippen LogP) is 0.516. The Morgan fingerprint density at radius 2 is 2.33 bits per heavy atom. The van der Waals surface area contributed by atoms with Crippen LogP contribution in [0.3, 0.4) is 0 Å². The van der Waals surface area contributed by atoms with Crippen molar-refractivity contribution in [1.29, 1.82) is 5.26 Å². The van der Waals surface area contributed by atoms with Gasteiger partial charge in [0, 0.05) is 6.54 Å². The number of ether oxygens (including phenoxy) is 1. The first-order valence-corrected chi connectivity index (χ1v) is 6.58. The number of morpholine rings is 1. The maximum Gasteiger partial charge on any atom is 0.240 e. The van der Waals surface area contributed by atoms with E-state index in [0.717, 1.165) is 19.4 Å². The van der Waals surface area contributed by atoms with Crippen LogP contribution in [0.1, 0.15) is 26.7 Å². The summed E-state index contributed by atoms with van der Waals surface area (Å²) in [6, 6.07) is 1.94. The van der Waals surface area contributed by atoms with E-state index in [-0.39, 0.29) is 17.4 Å². The summed E-state index contributed by atoms with van der Waals surface area (Å²) in [6.45, 7) is 6.59. The highest BCUT2D eigenvalue weighted by Crippen LogP contribution is 2.31. The standard InChI is InChI=1S/C13H21N3O2/c1-13(2)4-3-5-15-11(13)12(17)16-6-7-18-10(8-14)9-16/h10-11,15H,3-7,9H2,1-2H3. The molecule has 100 valence electrons. The van der Waals surface area contributed by atoms with Crippen LogP contribution in [-0.2, 0) is 9.53 Å². The van der Waals surface area contributed by atoms with E-state index in [2.05, 4.69) is 25.2 Å². The van der Waals surface area contributed by atoms with Gasteiger partial charge in [-0.1, -0.05) is 13.8 Å². The summed E-state index contributed by atoms with van der Waals surface area (Å²) in [4.78, 5) is 14.3. The minimum absolute atomic E-state index is 0.0181. The number of piperidine rings is 1. The molecule has 0 aromatic carbocycles. The quantitative estimate of drug-likeness (QED) is 0.737. The molecule has 0 aromatic heterocycles. The Kier molecular flexibility index (Phi) is 3.88. The second-order valence-electron chi connectivity index (χ2n) is 5.75. The zero-order valence-electron chi connectivity index (χ0n) is 11.1. The molecule has 5 nitrogen and oxygen atoms in total. The highest BCUT2D eigenvalue weighted by atomic mass is 16.5. The van der Waals surface area contributed by atoms with Crippen molar-refractivity contribution in [2.75, 3.05) is 26.2 Å². The van der Waals surface area contributed by atoms with Crippen LogP contribution in [0.15, 0.2) is 0 Å². The lowest BCUT2D eigenvalue weighted by Gasteiger charge is -2.42. The van der Waals surface area contributed by atoms with Crippen LogP contribution in [0.25, 0.3) is 0 Å². The van der Waals surface area contributed by atoms with Gasteiger partial charge in [-0.2, -0.15) is 5.26 Å². The second kappa shape index (κ2) is 5.25. The van der Waals surface area contributed by atoms with Gasteiger partial charge in [-0.3, -0.25) is 4.79 Å². The summed E-state index contributed by atoms with van der Waals surface area (Å²) in [6.07, 6.45) is 1.69. The zero-order chi connectivity index (χ0) is 13.2. The Bertz CT molecular complexity index is 362. The number of carbonyl (C=O) groups excluding carboxylic acids is 1. The molecule has 2 aliphatic heterocycles. The Morgan fingerprint density at radius 3 is 3.00 bits per heavy atom. The molecule has 0 spiro atoms. The van der Waals surface area contributed by atoms with Gasteiger partial charge in [0.25, 0.3) is 0 Å². The van der Waals surface area contributed by atoms with E-state index in [4.69, 9.17) is 10.00 Å². The van der Waals surface area contributed by atoms with Crippen molar-refractivity contribution < 1.29 is 9.53 Å². The summed E-state index contributed by atoms with van der Waals surface area (Å²) in [5, 5.41) is 12.2. The molecule has 2 fully saturated rings. The van der Waals surface area contributed by atoms with Crippen molar-refractivity contribution in [2.24, 2.45) is 5.41 Å². The number of hydrogen-bond donors (Lipinski definition) is 1. The summed E-state index contributed by atoms with van der Waals surface area (Å²) >= 11 is 0. The smallest absolute Gasteiger partial charge is 0.240 e. The van der Waals surface area contributed by atoms with E-state index in [1.165, 1.54) is 0 Å². The molecule has 1 amide bonds. The molecule has 0 bridgehead atoms. The molecule has 2 unspecified atom stereocenters. The minimum Gasteiger partial charge on any atom is -0.360 e. The van der Waals surface area contributed by atoms with Gasteiger partial charge in [0.05, 0.1) is 25.3 Å². The van der Waals surface area contributed by atoms with Gasteiger partial charge in [-0.25, -0.2) is 0 Å². The average molecular weight is 251 g/mol. The molecule has 2 heterocycles. The van der Waals surface area contributed by atoms with Crippen molar-refractivity contribution in [1.82, 2.24) is 10.2 Å². The lowest BCUT2D eigenvalue weighted by atomic mass is 9.77. The van der Waals surface area contributed by atoms with Crippen LogP contribution < -0.4 is 5.32 Å². The molecule has 0 radical (unpaired) electrons. The lowest BCUT2D eigenvalue weighted by molar-refractivity contribution is -0.143. The molecule has 0 aromatic rings. The second-order valence-corrected chi connectivity index (χ2v) is 5.75. The van der Waals surface area contributed by atoms with E-state index >= 15 is 0 Å². The molecular weight excluding hydrogens is 230 g/mol. The fourth-order valence-electron chi connectivity index (χ4n) is 2.74. The Hall–Kier alpha value is -1.12. The van der Waals surface area contributed by atoms with Crippen molar-refractivity contribution in [2.45, 2.75) is 38.8 Å². The number of carbonyl (C=O) groups is 1. The van der Waals surface area contributed by atoms with Crippen LogP contribution >= 0.6 is 0 Å². The SMILES string of the molecule is CC1(C)CCCNC1C(=O)N1CCOC(C#N)C1. The molecule has 2 saturated heterocycles. The van der Waals surface area contributed by atoms with Gasteiger partial charge in [0.15, 0.2) is 6.10 Å². The maximum absolute atomic E-state index is 12.5. The maximum atomic E-state index is 12.5. The summed E-state index contributed by atoms with van der Waals surface area (Å²) < 4.78 is 5.27. The minimum atomic E-state index is -0.477. The first kappa shape index (κ1) is 13.3. The lowest BCUT2D eigenvalue weighted by Crippen LogP contribution is -2.59. The summed E-state index contributed by atoms with van der Waals surface area (Å²) in [5.74, 6) is 0.114. The van der Waals surface area contributed by atoms with Gasteiger partial charge < -0.3 is 15.0 Å². The van der Waals surface area contributed by atoms with Gasteiger partial charge in [-0.15, -0.1) is 0 Å². The first-order valence-electron chi connectivity index (χ1n) is 6.58. The van der Waals surface area contributed by atoms with E-state index in [0.29, 0.717) is 19.7 Å². The first-order chi connectivity index (χ1) is 8.54. The molecule has 2 aliphatic rings. The normalized spacial score (nSPS) is 31.7. The average Bonchev–Trinajstić information content (AvgIpc) is 2.37. The topological polar surface area (TPSA) is 65.4 Å². The van der Waals surface area contributed by atoms with Crippen molar-refractivity contribution in [3.8, 4) is 6.07 Å². The van der Waals surface area contributed by atoms with Crippen molar-refractivity contribution >= 4 is 5.91 Å². The Morgan fingerprint density at radius 1 is 1.56 bits per heavy atom. The Balaban J connectivity index is 2.04. The number of nitrogens with zero attached hydrogens (tertiary/aromatic N) is 2. The highest BCUT2D eigenvalue weighted by Gasteiger charge is 2.40. The molecule has 2 atom stereocenters. The van der Waals surface area contributed by atoms with Crippen LogP contribution in [0.4, 0.5) is 0 Å². The number of nitriles is 1. The number of hydrogen-bond acceptors (Lipinski definition) is 4. The molecule has 2 rings (SSSR count). The fourth-order valence-corrected chi connectivity index (χ4v) is 2.74. The Labute approximate surface area is 108 Å². The van der Waals surface area contributed by atoms with E-state index in [1.807, 2.05) is 0 Å². The molecular formula is C13H21N3O2. The summed E-state index contributed by atoms with van der Waals surface area (Å²) in [7, 11) is 0. The van der Waals surface area contributed by atoms with Crippen LogP contribution in [0, 0.1) is 16.7 Å². The molecule has 0 saturated carbocycles. The van der Waals surface area contributed by atoms with Crippen LogP contribution in [-0.4, -0.2) is 49.2 Å². The monoisotopic (exact) mass is 251 g/mol. The molecule has 5 heteroatoms. The van der Waals surface area contributed by atoms with E-state index < -0.39 is 6.10 Å². The predicted molar refractivity (Wildman–Crippen MR) is 66.7 cm³/mol. The largest absolute Gasteiger partial charge is 0.360 e. The van der Waals surface area contributed by atoms with Gasteiger partial charge >= 0.3 is 0 Å². The van der Waals surface area contributed by atoms with E-state index in [1.54, 1.807) is 4.90 Å². The van der Waals surface area contributed by atoms with Crippen molar-refractivity contribution in [3.05, 3.63) is 0 Å². The molecule has 0 aliphatic carbocycles. The van der Waals surface area contributed by atoms with Crippen LogP contribution in [0.5, 0.6) is 0 Å². The zero-order valence-corrected chi connectivity index (χ0v) is 11.1. The molecule has 1 N–H and O–H groups in total. The number of rotatable bonds is 1. The van der Waals surface area contributed by atoms with E-state index in [9.17, 15) is 4.79 Å². The highest BCUT2D eigenvalue weighted by molar-refractivity contribution is 5.83. The third kappa shape index (κ3) is 2.65. The van der Waals surface area contributed by atoms with Crippen LogP contribution in [0.2, 0.25) is 0 Å². The summed E-state index contributed by atoms with van der Waals surface area (Å²) in [5.41, 5.74) is -0.0181. The van der Waals surface area contributed by atoms with Gasteiger partial charge in [-0.05, 0) is 24.8 Å². The van der Waals surface area contributed by atoms with Crippen molar-refractivity contribution in [3.63, 3.8) is 0 Å². The number of nitrogens with one attached hydrogen (secondary N) is 1.